The minimum absolute atomic E-state index is 0.0590. The number of carboxylic acids is 1. The molecule has 1 aromatic rings. The number of aromatic carboxylic acids is 1. The highest BCUT2D eigenvalue weighted by atomic mass is 16.6. The molecule has 1 aromatic carbocycles. The first kappa shape index (κ1) is 16.9. The Morgan fingerprint density at radius 2 is 2.05 bits per heavy atom. The van der Waals surface area contributed by atoms with E-state index in [-0.39, 0.29) is 23.6 Å². The molecule has 0 spiro atoms. The Labute approximate surface area is 122 Å². The molecule has 0 bridgehead atoms. The van der Waals surface area contributed by atoms with E-state index < -0.39 is 10.9 Å². The van der Waals surface area contributed by atoms with Crippen molar-refractivity contribution >= 4 is 11.7 Å². The SMILES string of the molecule is CC(C)CCOCCOc1cc(C(=O)O)ccc1[N+](=O)[O-]. The summed E-state index contributed by atoms with van der Waals surface area (Å²) in [6, 6.07) is 3.44. The van der Waals surface area contributed by atoms with Gasteiger partial charge in [-0.15, -0.1) is 0 Å². The molecule has 0 aliphatic carbocycles. The fraction of sp³-hybridized carbons (Fsp3) is 0.500. The van der Waals surface area contributed by atoms with E-state index in [1.807, 2.05) is 0 Å². The maximum atomic E-state index is 10.9. The molecule has 0 saturated heterocycles. The van der Waals surface area contributed by atoms with Gasteiger partial charge in [0.25, 0.3) is 0 Å². The third-order valence-corrected chi connectivity index (χ3v) is 2.73. The van der Waals surface area contributed by atoms with Crippen LogP contribution in [0.5, 0.6) is 5.75 Å². The van der Waals surface area contributed by atoms with E-state index in [4.69, 9.17) is 14.6 Å². The summed E-state index contributed by atoms with van der Waals surface area (Å²) in [6.07, 6.45) is 0.925. The molecule has 0 aliphatic rings. The largest absolute Gasteiger partial charge is 0.484 e. The lowest BCUT2D eigenvalue weighted by atomic mass is 10.1. The number of hydrogen-bond donors (Lipinski definition) is 1. The Kier molecular flexibility index (Phi) is 6.61. The van der Waals surface area contributed by atoms with E-state index >= 15 is 0 Å². The molecule has 7 heteroatoms. The summed E-state index contributed by atoms with van der Waals surface area (Å²) < 4.78 is 10.6. The van der Waals surface area contributed by atoms with Gasteiger partial charge in [0.1, 0.15) is 6.61 Å². The van der Waals surface area contributed by atoms with E-state index in [0.29, 0.717) is 19.1 Å². The summed E-state index contributed by atoms with van der Waals surface area (Å²) in [4.78, 5) is 21.1. The first-order valence-corrected chi connectivity index (χ1v) is 6.64. The van der Waals surface area contributed by atoms with Gasteiger partial charge in [0, 0.05) is 18.7 Å². The lowest BCUT2D eigenvalue weighted by molar-refractivity contribution is -0.385. The Morgan fingerprint density at radius 3 is 2.62 bits per heavy atom. The maximum Gasteiger partial charge on any atom is 0.335 e. The second kappa shape index (κ2) is 8.21. The molecule has 0 amide bonds. The second-order valence-corrected chi connectivity index (χ2v) is 4.89. The van der Waals surface area contributed by atoms with Crippen LogP contribution in [0.4, 0.5) is 5.69 Å². The van der Waals surface area contributed by atoms with Gasteiger partial charge in [-0.25, -0.2) is 4.79 Å². The number of rotatable bonds is 9. The van der Waals surface area contributed by atoms with Crippen molar-refractivity contribution in [2.75, 3.05) is 19.8 Å². The van der Waals surface area contributed by atoms with Crippen LogP contribution in [0.2, 0.25) is 0 Å². The van der Waals surface area contributed by atoms with Crippen molar-refractivity contribution in [3.63, 3.8) is 0 Å². The Morgan fingerprint density at radius 1 is 1.33 bits per heavy atom. The van der Waals surface area contributed by atoms with E-state index in [1.165, 1.54) is 6.07 Å². The number of benzene rings is 1. The summed E-state index contributed by atoms with van der Waals surface area (Å²) in [6.45, 7) is 5.18. The molecule has 0 radical (unpaired) electrons. The predicted molar refractivity (Wildman–Crippen MR) is 75.8 cm³/mol. The van der Waals surface area contributed by atoms with Crippen LogP contribution in [0.1, 0.15) is 30.6 Å². The topological polar surface area (TPSA) is 98.9 Å². The molecule has 0 fully saturated rings. The van der Waals surface area contributed by atoms with Crippen LogP contribution in [-0.2, 0) is 4.74 Å². The molecule has 1 rings (SSSR count). The molecule has 0 unspecified atom stereocenters. The van der Waals surface area contributed by atoms with Gasteiger partial charge in [0.2, 0.25) is 0 Å². The summed E-state index contributed by atoms with van der Waals surface area (Å²) in [5.74, 6) is -0.686. The van der Waals surface area contributed by atoms with Crippen LogP contribution in [0.25, 0.3) is 0 Å². The molecular formula is C14H19NO6. The molecule has 0 atom stereocenters. The van der Waals surface area contributed by atoms with Crippen molar-refractivity contribution in [2.45, 2.75) is 20.3 Å². The molecule has 116 valence electrons. The van der Waals surface area contributed by atoms with Crippen molar-refractivity contribution in [1.29, 1.82) is 0 Å². The van der Waals surface area contributed by atoms with E-state index in [0.717, 1.165) is 18.6 Å². The highest BCUT2D eigenvalue weighted by Gasteiger charge is 2.17. The molecule has 21 heavy (non-hydrogen) atoms. The zero-order valence-corrected chi connectivity index (χ0v) is 12.1. The highest BCUT2D eigenvalue weighted by molar-refractivity contribution is 5.88. The van der Waals surface area contributed by atoms with Crippen LogP contribution < -0.4 is 4.74 Å². The third kappa shape index (κ3) is 5.78. The van der Waals surface area contributed by atoms with Crippen LogP contribution in [0, 0.1) is 16.0 Å². The zero-order chi connectivity index (χ0) is 15.8. The average Bonchev–Trinajstić information content (AvgIpc) is 2.41. The van der Waals surface area contributed by atoms with Gasteiger partial charge < -0.3 is 14.6 Å². The van der Waals surface area contributed by atoms with Crippen LogP contribution in [-0.4, -0.2) is 35.8 Å². The number of carbonyl (C=O) groups is 1. The predicted octanol–water partition coefficient (Wildman–Crippen LogP) is 2.73. The van der Waals surface area contributed by atoms with Gasteiger partial charge in [0.15, 0.2) is 5.75 Å². The summed E-state index contributed by atoms with van der Waals surface area (Å²) in [7, 11) is 0. The summed E-state index contributed by atoms with van der Waals surface area (Å²) in [5.41, 5.74) is -0.321. The van der Waals surface area contributed by atoms with Gasteiger partial charge in [-0.2, -0.15) is 0 Å². The van der Waals surface area contributed by atoms with Crippen molar-refractivity contribution in [3.8, 4) is 5.75 Å². The molecule has 0 heterocycles. The summed E-state index contributed by atoms with van der Waals surface area (Å²) in [5, 5.41) is 19.7. The Hall–Kier alpha value is -2.15. The molecule has 1 N–H and O–H groups in total. The van der Waals surface area contributed by atoms with Gasteiger partial charge in [-0.1, -0.05) is 13.8 Å². The van der Waals surface area contributed by atoms with Gasteiger partial charge in [0.05, 0.1) is 17.1 Å². The second-order valence-electron chi connectivity index (χ2n) is 4.89. The molecule has 0 saturated carbocycles. The van der Waals surface area contributed by atoms with Crippen molar-refractivity contribution in [2.24, 2.45) is 5.92 Å². The van der Waals surface area contributed by atoms with Gasteiger partial charge in [-0.3, -0.25) is 10.1 Å². The molecule has 0 aromatic heterocycles. The van der Waals surface area contributed by atoms with Gasteiger partial charge in [-0.05, 0) is 18.4 Å². The first-order chi connectivity index (χ1) is 9.91. The maximum absolute atomic E-state index is 10.9. The van der Waals surface area contributed by atoms with Crippen molar-refractivity contribution in [1.82, 2.24) is 0 Å². The number of nitro benzene ring substituents is 1. The number of hydrogen-bond acceptors (Lipinski definition) is 5. The highest BCUT2D eigenvalue weighted by Crippen LogP contribution is 2.27. The fourth-order valence-corrected chi connectivity index (χ4v) is 1.55. The number of nitrogens with zero attached hydrogens (tertiary/aromatic N) is 1. The average molecular weight is 297 g/mol. The number of nitro groups is 1. The molecular weight excluding hydrogens is 278 g/mol. The van der Waals surface area contributed by atoms with Gasteiger partial charge >= 0.3 is 11.7 Å². The van der Waals surface area contributed by atoms with Crippen LogP contribution in [0.15, 0.2) is 18.2 Å². The minimum Gasteiger partial charge on any atom is -0.484 e. The quantitative estimate of drug-likeness (QED) is 0.427. The minimum atomic E-state index is -1.16. The van der Waals surface area contributed by atoms with Crippen LogP contribution >= 0.6 is 0 Å². The molecule has 7 nitrogen and oxygen atoms in total. The number of ether oxygens (including phenoxy) is 2. The standard InChI is InChI=1S/C14H19NO6/c1-10(2)5-6-20-7-8-21-13-9-11(14(16)17)3-4-12(13)15(18)19/h3-4,9-10H,5-8H2,1-2H3,(H,16,17). The fourth-order valence-electron chi connectivity index (χ4n) is 1.55. The lowest BCUT2D eigenvalue weighted by Crippen LogP contribution is -2.10. The first-order valence-electron chi connectivity index (χ1n) is 6.64. The lowest BCUT2D eigenvalue weighted by Gasteiger charge is -2.09. The zero-order valence-electron chi connectivity index (χ0n) is 12.1. The van der Waals surface area contributed by atoms with Crippen molar-refractivity contribution in [3.05, 3.63) is 33.9 Å². The van der Waals surface area contributed by atoms with E-state index in [2.05, 4.69) is 13.8 Å². The number of carboxylic acid groups (broad SMARTS) is 1. The summed E-state index contributed by atoms with van der Waals surface area (Å²) >= 11 is 0. The van der Waals surface area contributed by atoms with Crippen LogP contribution in [0.3, 0.4) is 0 Å². The van der Waals surface area contributed by atoms with Crippen molar-refractivity contribution < 1.29 is 24.3 Å². The van der Waals surface area contributed by atoms with E-state index in [1.54, 1.807) is 0 Å². The Balaban J connectivity index is 2.57. The molecule has 0 aliphatic heterocycles. The third-order valence-electron chi connectivity index (χ3n) is 2.73. The normalized spacial score (nSPS) is 10.6. The van der Waals surface area contributed by atoms with E-state index in [9.17, 15) is 14.9 Å². The Bertz CT molecular complexity index is 500. The smallest absolute Gasteiger partial charge is 0.335 e. The monoisotopic (exact) mass is 297 g/mol.